The Balaban J connectivity index is 0.00000144. The number of hydrogen-bond acceptors (Lipinski definition) is 2. The lowest BCUT2D eigenvalue weighted by Crippen LogP contribution is -2.31. The maximum atomic E-state index is 11.9. The second-order valence-corrected chi connectivity index (χ2v) is 5.45. The van der Waals surface area contributed by atoms with E-state index in [4.69, 9.17) is 0 Å². The molecule has 2 fully saturated rings. The first-order valence-electron chi connectivity index (χ1n) is 6.70. The topological polar surface area (TPSA) is 32.3 Å². The Morgan fingerprint density at radius 2 is 1.82 bits per heavy atom. The van der Waals surface area contributed by atoms with Crippen molar-refractivity contribution in [2.24, 2.45) is 11.8 Å². The molecule has 1 aliphatic heterocycles. The molecule has 1 saturated heterocycles. The number of carbonyl (C=O) groups is 1. The second-order valence-electron chi connectivity index (χ2n) is 5.45. The van der Waals surface area contributed by atoms with Gasteiger partial charge >= 0.3 is 0 Å². The molecule has 1 heterocycles. The van der Waals surface area contributed by atoms with Gasteiger partial charge in [0.25, 0.3) is 0 Å². The summed E-state index contributed by atoms with van der Waals surface area (Å²) < 4.78 is 0. The van der Waals surface area contributed by atoms with Crippen LogP contribution in [0, 0.1) is 11.8 Å². The van der Waals surface area contributed by atoms with Crippen molar-refractivity contribution < 1.29 is 4.79 Å². The third-order valence-corrected chi connectivity index (χ3v) is 3.88. The number of piperidine rings is 1. The summed E-state index contributed by atoms with van der Waals surface area (Å²) in [5.74, 6) is 1.94. The lowest BCUT2D eigenvalue weighted by atomic mass is 9.93. The van der Waals surface area contributed by atoms with Crippen LogP contribution in [0.1, 0.15) is 38.5 Å². The number of halogens is 1. The number of amides is 1. The van der Waals surface area contributed by atoms with Crippen LogP contribution in [-0.4, -0.2) is 37.5 Å². The number of nitrogens with one attached hydrogen (secondary N) is 1. The van der Waals surface area contributed by atoms with Crippen LogP contribution in [0.25, 0.3) is 0 Å². The average Bonchev–Trinajstić information content (AvgIpc) is 3.11. The normalized spacial score (nSPS) is 20.8. The Hall–Kier alpha value is -0.280. The highest BCUT2D eigenvalue weighted by Crippen LogP contribution is 2.29. The van der Waals surface area contributed by atoms with Crippen molar-refractivity contribution in [3.63, 3.8) is 0 Å². The first-order chi connectivity index (χ1) is 7.75. The van der Waals surface area contributed by atoms with Gasteiger partial charge in [0.1, 0.15) is 0 Å². The van der Waals surface area contributed by atoms with Crippen LogP contribution in [0.4, 0.5) is 0 Å². The predicted molar refractivity (Wildman–Crippen MR) is 72.4 cm³/mol. The minimum Gasteiger partial charge on any atom is -0.345 e. The molecule has 1 saturated carbocycles. The number of rotatable bonds is 5. The number of carbonyl (C=O) groups excluding carboxylic acids is 1. The first kappa shape index (κ1) is 14.8. The highest BCUT2D eigenvalue weighted by molar-refractivity contribution is 5.85. The Kier molecular flexibility index (Phi) is 6.28. The SMILES string of the molecule is CN(CC1CC1)C(=O)CCC1CCNCC1.Cl. The molecule has 0 aromatic carbocycles. The van der Waals surface area contributed by atoms with Crippen LogP contribution in [0.15, 0.2) is 0 Å². The summed E-state index contributed by atoms with van der Waals surface area (Å²) in [6, 6.07) is 0. The molecule has 3 nitrogen and oxygen atoms in total. The van der Waals surface area contributed by atoms with Gasteiger partial charge < -0.3 is 10.2 Å². The fourth-order valence-corrected chi connectivity index (χ4v) is 2.48. The summed E-state index contributed by atoms with van der Waals surface area (Å²) in [5, 5.41) is 3.36. The zero-order chi connectivity index (χ0) is 11.4. The molecule has 1 amide bonds. The van der Waals surface area contributed by atoms with E-state index in [1.165, 1.54) is 25.7 Å². The lowest BCUT2D eigenvalue weighted by molar-refractivity contribution is -0.130. The molecule has 1 aliphatic carbocycles. The molecule has 17 heavy (non-hydrogen) atoms. The molecule has 0 unspecified atom stereocenters. The van der Waals surface area contributed by atoms with Crippen molar-refractivity contribution in [3.05, 3.63) is 0 Å². The third kappa shape index (κ3) is 5.26. The second kappa shape index (κ2) is 7.22. The summed E-state index contributed by atoms with van der Waals surface area (Å²) in [6.45, 7) is 3.26. The standard InChI is InChI=1S/C13H24N2O.ClH/c1-15(10-12-2-3-12)13(16)5-4-11-6-8-14-9-7-11;/h11-12,14H,2-10H2,1H3;1H. The van der Waals surface area contributed by atoms with Crippen molar-refractivity contribution in [3.8, 4) is 0 Å². The van der Waals surface area contributed by atoms with E-state index in [-0.39, 0.29) is 12.4 Å². The molecular weight excluding hydrogens is 236 g/mol. The summed E-state index contributed by atoms with van der Waals surface area (Å²) >= 11 is 0. The Bertz CT molecular complexity index is 238. The van der Waals surface area contributed by atoms with E-state index in [0.717, 1.165) is 44.3 Å². The van der Waals surface area contributed by atoms with Gasteiger partial charge in [0.2, 0.25) is 5.91 Å². The molecule has 4 heteroatoms. The highest BCUT2D eigenvalue weighted by atomic mass is 35.5. The van der Waals surface area contributed by atoms with Gasteiger partial charge in [-0.1, -0.05) is 0 Å². The van der Waals surface area contributed by atoms with Crippen LogP contribution >= 0.6 is 12.4 Å². The molecular formula is C13H25ClN2O. The Labute approximate surface area is 111 Å². The molecule has 0 aromatic heterocycles. The molecule has 0 aromatic rings. The third-order valence-electron chi connectivity index (χ3n) is 3.88. The fraction of sp³-hybridized carbons (Fsp3) is 0.923. The van der Waals surface area contributed by atoms with E-state index < -0.39 is 0 Å². The minimum atomic E-state index is 0. The molecule has 0 spiro atoms. The lowest BCUT2D eigenvalue weighted by Gasteiger charge is -2.23. The van der Waals surface area contributed by atoms with Gasteiger partial charge in [-0.2, -0.15) is 0 Å². The summed E-state index contributed by atoms with van der Waals surface area (Å²) in [7, 11) is 1.96. The summed E-state index contributed by atoms with van der Waals surface area (Å²) in [5.41, 5.74) is 0. The van der Waals surface area contributed by atoms with E-state index in [2.05, 4.69) is 5.32 Å². The van der Waals surface area contributed by atoms with Crippen LogP contribution in [0.2, 0.25) is 0 Å². The number of nitrogens with zero attached hydrogens (tertiary/aromatic N) is 1. The molecule has 2 rings (SSSR count). The van der Waals surface area contributed by atoms with E-state index in [1.54, 1.807) is 0 Å². The van der Waals surface area contributed by atoms with Crippen LogP contribution in [-0.2, 0) is 4.79 Å². The van der Waals surface area contributed by atoms with Gasteiger partial charge in [0, 0.05) is 20.0 Å². The highest BCUT2D eigenvalue weighted by Gasteiger charge is 2.25. The van der Waals surface area contributed by atoms with Crippen molar-refractivity contribution in [1.29, 1.82) is 0 Å². The van der Waals surface area contributed by atoms with E-state index in [9.17, 15) is 4.79 Å². The van der Waals surface area contributed by atoms with E-state index >= 15 is 0 Å². The zero-order valence-electron chi connectivity index (χ0n) is 10.8. The maximum Gasteiger partial charge on any atom is 0.222 e. The van der Waals surface area contributed by atoms with Gasteiger partial charge in [0.15, 0.2) is 0 Å². The zero-order valence-corrected chi connectivity index (χ0v) is 11.6. The molecule has 2 aliphatic rings. The Morgan fingerprint density at radius 3 is 2.41 bits per heavy atom. The fourth-order valence-electron chi connectivity index (χ4n) is 2.48. The van der Waals surface area contributed by atoms with Gasteiger partial charge in [-0.25, -0.2) is 0 Å². The maximum absolute atomic E-state index is 11.9. The van der Waals surface area contributed by atoms with Gasteiger partial charge in [-0.3, -0.25) is 4.79 Å². The van der Waals surface area contributed by atoms with Crippen LogP contribution in [0.5, 0.6) is 0 Å². The van der Waals surface area contributed by atoms with Gasteiger partial charge in [-0.15, -0.1) is 12.4 Å². The minimum absolute atomic E-state index is 0. The summed E-state index contributed by atoms with van der Waals surface area (Å²) in [4.78, 5) is 13.8. The molecule has 100 valence electrons. The first-order valence-corrected chi connectivity index (χ1v) is 6.70. The largest absolute Gasteiger partial charge is 0.345 e. The van der Waals surface area contributed by atoms with Crippen LogP contribution < -0.4 is 5.32 Å². The smallest absolute Gasteiger partial charge is 0.222 e. The van der Waals surface area contributed by atoms with Crippen molar-refractivity contribution in [2.45, 2.75) is 38.5 Å². The monoisotopic (exact) mass is 260 g/mol. The van der Waals surface area contributed by atoms with Crippen molar-refractivity contribution >= 4 is 18.3 Å². The quantitative estimate of drug-likeness (QED) is 0.821. The Morgan fingerprint density at radius 1 is 1.18 bits per heavy atom. The van der Waals surface area contributed by atoms with Gasteiger partial charge in [-0.05, 0) is 57.0 Å². The number of hydrogen-bond donors (Lipinski definition) is 1. The molecule has 0 bridgehead atoms. The van der Waals surface area contributed by atoms with Crippen molar-refractivity contribution in [2.75, 3.05) is 26.7 Å². The van der Waals surface area contributed by atoms with Crippen LogP contribution in [0.3, 0.4) is 0 Å². The van der Waals surface area contributed by atoms with E-state index in [0.29, 0.717) is 5.91 Å². The van der Waals surface area contributed by atoms with Crippen molar-refractivity contribution in [1.82, 2.24) is 10.2 Å². The molecule has 1 N–H and O–H groups in total. The van der Waals surface area contributed by atoms with E-state index in [1.807, 2.05) is 11.9 Å². The molecule has 0 radical (unpaired) electrons. The molecule has 0 atom stereocenters. The average molecular weight is 261 g/mol. The van der Waals surface area contributed by atoms with Gasteiger partial charge in [0.05, 0.1) is 0 Å². The summed E-state index contributed by atoms with van der Waals surface area (Å²) in [6.07, 6.45) is 7.00. The predicted octanol–water partition coefficient (Wildman–Crippen LogP) is 2.06.